The monoisotopic (exact) mass is 303 g/mol. The average Bonchev–Trinajstić information content (AvgIpc) is 2.86. The average molecular weight is 303 g/mol. The first-order chi connectivity index (χ1) is 10.5. The summed E-state index contributed by atoms with van der Waals surface area (Å²) in [5, 5.41) is 13.9. The molecule has 1 N–H and O–H groups in total. The van der Waals surface area contributed by atoms with Crippen LogP contribution in [0.1, 0.15) is 27.7 Å². The second-order valence-corrected chi connectivity index (χ2v) is 5.19. The van der Waals surface area contributed by atoms with Crippen LogP contribution in [0.25, 0.3) is 0 Å². The van der Waals surface area contributed by atoms with Gasteiger partial charge in [0.2, 0.25) is 0 Å². The molecule has 22 heavy (non-hydrogen) atoms. The van der Waals surface area contributed by atoms with E-state index in [1.165, 1.54) is 4.90 Å². The zero-order valence-corrected chi connectivity index (χ0v) is 13.3. The quantitative estimate of drug-likeness (QED) is 0.910. The van der Waals surface area contributed by atoms with Crippen LogP contribution in [-0.4, -0.2) is 46.5 Å². The van der Waals surface area contributed by atoms with E-state index in [-0.39, 0.29) is 12.5 Å². The number of hydrogen-bond donors (Lipinski definition) is 1. The number of carbonyl (C=O) groups excluding carboxylic acids is 1. The third kappa shape index (κ3) is 3.12. The van der Waals surface area contributed by atoms with E-state index in [0.29, 0.717) is 11.3 Å². The number of ether oxygens (including phenoxy) is 1. The van der Waals surface area contributed by atoms with Gasteiger partial charge in [0.25, 0.3) is 5.91 Å². The van der Waals surface area contributed by atoms with Crippen molar-refractivity contribution in [1.29, 1.82) is 0 Å². The van der Waals surface area contributed by atoms with Gasteiger partial charge in [-0.05, 0) is 24.6 Å². The van der Waals surface area contributed by atoms with Crippen molar-refractivity contribution in [2.45, 2.75) is 13.0 Å². The van der Waals surface area contributed by atoms with E-state index in [4.69, 9.17) is 4.74 Å². The minimum absolute atomic E-state index is 0.159. The maximum Gasteiger partial charge on any atom is 0.257 e. The summed E-state index contributed by atoms with van der Waals surface area (Å²) >= 11 is 0. The summed E-state index contributed by atoms with van der Waals surface area (Å²) in [5.41, 5.74) is 2.06. The summed E-state index contributed by atoms with van der Waals surface area (Å²) in [5.74, 6) is 0.568. The zero-order valence-electron chi connectivity index (χ0n) is 13.3. The smallest absolute Gasteiger partial charge is 0.257 e. The van der Waals surface area contributed by atoms with E-state index in [1.54, 1.807) is 39.0 Å². The molecule has 0 fully saturated rings. The molecule has 2 aromatic rings. The summed E-state index contributed by atoms with van der Waals surface area (Å²) in [4.78, 5) is 14.1. The first kappa shape index (κ1) is 16.0. The molecule has 6 nitrogen and oxygen atoms in total. The maximum absolute atomic E-state index is 12.6. The lowest BCUT2D eigenvalue weighted by molar-refractivity contribution is 0.0657. The number of hydrogen-bond acceptors (Lipinski definition) is 4. The Hall–Kier alpha value is -2.34. The molecule has 0 aliphatic rings. The fourth-order valence-electron chi connectivity index (χ4n) is 2.42. The summed E-state index contributed by atoms with van der Waals surface area (Å²) in [6.07, 6.45) is 1.69. The third-order valence-electron chi connectivity index (χ3n) is 3.71. The van der Waals surface area contributed by atoms with E-state index < -0.39 is 6.04 Å². The van der Waals surface area contributed by atoms with Crippen molar-refractivity contribution < 1.29 is 14.6 Å². The molecule has 0 spiro atoms. The molecule has 0 saturated carbocycles. The van der Waals surface area contributed by atoms with Gasteiger partial charge < -0.3 is 14.7 Å². The van der Waals surface area contributed by atoms with Gasteiger partial charge in [0, 0.05) is 20.3 Å². The van der Waals surface area contributed by atoms with Crippen molar-refractivity contribution in [3.8, 4) is 5.75 Å². The standard InChI is InChI=1S/C16H21N3O3/c1-11-14(9-18(2)17-11)16(21)19(3)15(10-20)12-5-7-13(22-4)8-6-12/h5-9,15,20H,10H2,1-4H3/t15-/m0/s1. The Morgan fingerprint density at radius 3 is 2.50 bits per heavy atom. The van der Waals surface area contributed by atoms with Gasteiger partial charge in [-0.2, -0.15) is 5.10 Å². The van der Waals surface area contributed by atoms with Crippen molar-refractivity contribution in [1.82, 2.24) is 14.7 Å². The third-order valence-corrected chi connectivity index (χ3v) is 3.71. The van der Waals surface area contributed by atoms with Crippen molar-refractivity contribution >= 4 is 5.91 Å². The van der Waals surface area contributed by atoms with Gasteiger partial charge in [-0.25, -0.2) is 0 Å². The molecule has 1 atom stereocenters. The van der Waals surface area contributed by atoms with Crippen molar-refractivity contribution in [2.24, 2.45) is 7.05 Å². The molecular weight excluding hydrogens is 282 g/mol. The van der Waals surface area contributed by atoms with E-state index in [2.05, 4.69) is 5.10 Å². The second kappa shape index (κ2) is 6.62. The minimum Gasteiger partial charge on any atom is -0.497 e. The lowest BCUT2D eigenvalue weighted by Crippen LogP contribution is -2.33. The van der Waals surface area contributed by atoms with Gasteiger partial charge in [-0.15, -0.1) is 0 Å². The molecule has 1 aromatic carbocycles. The van der Waals surface area contributed by atoms with Crippen LogP contribution in [0.5, 0.6) is 5.75 Å². The highest BCUT2D eigenvalue weighted by atomic mass is 16.5. The minimum atomic E-state index is -0.419. The van der Waals surface area contributed by atoms with Gasteiger partial charge in [0.05, 0.1) is 31.0 Å². The van der Waals surface area contributed by atoms with Crippen LogP contribution >= 0.6 is 0 Å². The van der Waals surface area contributed by atoms with Crippen molar-refractivity contribution in [2.75, 3.05) is 20.8 Å². The number of likely N-dealkylation sites (N-methyl/N-ethyl adjacent to an activating group) is 1. The van der Waals surface area contributed by atoms with Crippen LogP contribution in [0.4, 0.5) is 0 Å². The van der Waals surface area contributed by atoms with Gasteiger partial charge in [-0.3, -0.25) is 9.48 Å². The predicted octanol–water partition coefficient (Wildman–Crippen LogP) is 1.54. The van der Waals surface area contributed by atoms with E-state index in [9.17, 15) is 9.90 Å². The number of aryl methyl sites for hydroxylation is 2. The molecule has 0 aliphatic heterocycles. The van der Waals surface area contributed by atoms with Gasteiger partial charge >= 0.3 is 0 Å². The number of aliphatic hydroxyl groups excluding tert-OH is 1. The number of rotatable bonds is 5. The Kier molecular flexibility index (Phi) is 4.82. The summed E-state index contributed by atoms with van der Waals surface area (Å²) in [7, 11) is 5.05. The zero-order chi connectivity index (χ0) is 16.3. The highest BCUT2D eigenvalue weighted by Crippen LogP contribution is 2.23. The molecule has 118 valence electrons. The molecule has 0 aliphatic carbocycles. The first-order valence-electron chi connectivity index (χ1n) is 7.00. The Morgan fingerprint density at radius 1 is 1.41 bits per heavy atom. The SMILES string of the molecule is COc1ccc([C@H](CO)N(C)C(=O)c2cn(C)nc2C)cc1. The van der Waals surface area contributed by atoms with Gasteiger partial charge in [-0.1, -0.05) is 12.1 Å². The molecule has 1 heterocycles. The fourth-order valence-corrected chi connectivity index (χ4v) is 2.42. The molecule has 1 aromatic heterocycles. The molecule has 1 amide bonds. The maximum atomic E-state index is 12.6. The van der Waals surface area contributed by atoms with E-state index in [0.717, 1.165) is 11.3 Å². The van der Waals surface area contributed by atoms with Crippen LogP contribution < -0.4 is 4.74 Å². The Morgan fingerprint density at radius 2 is 2.05 bits per heavy atom. The molecular formula is C16H21N3O3. The number of methoxy groups -OCH3 is 1. The summed E-state index contributed by atoms with van der Waals surface area (Å²) < 4.78 is 6.73. The van der Waals surface area contributed by atoms with Crippen LogP contribution in [0.3, 0.4) is 0 Å². The number of nitrogens with zero attached hydrogens (tertiary/aromatic N) is 3. The van der Waals surface area contributed by atoms with E-state index in [1.807, 2.05) is 24.3 Å². The first-order valence-corrected chi connectivity index (χ1v) is 7.00. The highest BCUT2D eigenvalue weighted by molar-refractivity contribution is 5.95. The number of amides is 1. The number of benzene rings is 1. The highest BCUT2D eigenvalue weighted by Gasteiger charge is 2.24. The van der Waals surface area contributed by atoms with Gasteiger partial charge in [0.15, 0.2) is 0 Å². The van der Waals surface area contributed by atoms with Crippen LogP contribution in [0, 0.1) is 6.92 Å². The molecule has 2 rings (SSSR count). The number of aliphatic hydroxyl groups is 1. The molecule has 0 bridgehead atoms. The second-order valence-electron chi connectivity index (χ2n) is 5.19. The Balaban J connectivity index is 2.25. The number of carbonyl (C=O) groups is 1. The van der Waals surface area contributed by atoms with Crippen LogP contribution in [-0.2, 0) is 7.05 Å². The summed E-state index contributed by atoms with van der Waals surface area (Å²) in [6, 6.07) is 6.90. The molecule has 0 saturated heterocycles. The lowest BCUT2D eigenvalue weighted by atomic mass is 10.1. The summed E-state index contributed by atoms with van der Waals surface area (Å²) in [6.45, 7) is 1.64. The molecule has 0 radical (unpaired) electrons. The Labute approximate surface area is 129 Å². The normalized spacial score (nSPS) is 12.0. The Bertz CT molecular complexity index is 649. The van der Waals surface area contributed by atoms with Crippen LogP contribution in [0.2, 0.25) is 0 Å². The fraction of sp³-hybridized carbons (Fsp3) is 0.375. The topological polar surface area (TPSA) is 67.6 Å². The van der Waals surface area contributed by atoms with Crippen LogP contribution in [0.15, 0.2) is 30.5 Å². The van der Waals surface area contributed by atoms with Crippen molar-refractivity contribution in [3.05, 3.63) is 47.3 Å². The lowest BCUT2D eigenvalue weighted by Gasteiger charge is -2.27. The molecule has 0 unspecified atom stereocenters. The predicted molar refractivity (Wildman–Crippen MR) is 82.9 cm³/mol. The van der Waals surface area contributed by atoms with Crippen molar-refractivity contribution in [3.63, 3.8) is 0 Å². The largest absolute Gasteiger partial charge is 0.497 e. The van der Waals surface area contributed by atoms with Gasteiger partial charge in [0.1, 0.15) is 5.75 Å². The number of aromatic nitrogens is 2. The molecule has 6 heteroatoms. The van der Waals surface area contributed by atoms with E-state index >= 15 is 0 Å².